The Morgan fingerprint density at radius 3 is 2.67 bits per heavy atom. The highest BCUT2D eigenvalue weighted by molar-refractivity contribution is 5.91. The van der Waals surface area contributed by atoms with E-state index in [0.29, 0.717) is 12.2 Å². The highest BCUT2D eigenvalue weighted by atomic mass is 16.1. The van der Waals surface area contributed by atoms with Crippen molar-refractivity contribution < 1.29 is 4.79 Å². The summed E-state index contributed by atoms with van der Waals surface area (Å²) in [6.07, 6.45) is 2.06. The number of nitrogens with one attached hydrogen (secondary N) is 1. The minimum atomic E-state index is -0.0429. The molecule has 18 heavy (non-hydrogen) atoms. The van der Waals surface area contributed by atoms with Crippen LogP contribution >= 0.6 is 0 Å². The second kappa shape index (κ2) is 5.45. The lowest BCUT2D eigenvalue weighted by Gasteiger charge is -2.05. The number of nitrogens with zero attached hydrogens (tertiary/aromatic N) is 1. The Labute approximate surface area is 107 Å². The Hall–Kier alpha value is -2.16. The topological polar surface area (TPSA) is 42.0 Å². The summed E-state index contributed by atoms with van der Waals surface area (Å²) in [6.45, 7) is 3.99. The number of aromatic nitrogens is 1. The van der Waals surface area contributed by atoms with Gasteiger partial charge in [-0.25, -0.2) is 4.98 Å². The smallest absolute Gasteiger partial charge is 0.229 e. The van der Waals surface area contributed by atoms with E-state index in [9.17, 15) is 4.79 Å². The van der Waals surface area contributed by atoms with Crippen molar-refractivity contribution in [3.8, 4) is 0 Å². The summed E-state index contributed by atoms with van der Waals surface area (Å²) in [5, 5.41) is 2.80. The standard InChI is InChI=1S/C15H16N2O/c1-11-4-3-5-13(8-11)10-15(18)17-14-9-12(2)6-7-16-14/h3-9H,10H2,1-2H3,(H,16,17,18). The van der Waals surface area contributed by atoms with Gasteiger partial charge in [-0.2, -0.15) is 0 Å². The summed E-state index contributed by atoms with van der Waals surface area (Å²) >= 11 is 0. The maximum absolute atomic E-state index is 11.9. The van der Waals surface area contributed by atoms with Gasteiger partial charge in [0, 0.05) is 6.20 Å². The number of rotatable bonds is 3. The van der Waals surface area contributed by atoms with E-state index in [4.69, 9.17) is 0 Å². The number of hydrogen-bond acceptors (Lipinski definition) is 2. The first-order valence-electron chi connectivity index (χ1n) is 5.91. The van der Waals surface area contributed by atoms with Crippen molar-refractivity contribution in [2.24, 2.45) is 0 Å². The van der Waals surface area contributed by atoms with Gasteiger partial charge in [0.2, 0.25) is 5.91 Å². The lowest BCUT2D eigenvalue weighted by Crippen LogP contribution is -2.15. The van der Waals surface area contributed by atoms with E-state index < -0.39 is 0 Å². The SMILES string of the molecule is Cc1cccc(CC(=O)Nc2cc(C)ccn2)c1. The third-order valence-electron chi connectivity index (χ3n) is 2.63. The van der Waals surface area contributed by atoms with E-state index in [-0.39, 0.29) is 5.91 Å². The molecule has 0 fully saturated rings. The van der Waals surface area contributed by atoms with Crippen LogP contribution in [0.15, 0.2) is 42.6 Å². The fourth-order valence-corrected chi connectivity index (χ4v) is 1.80. The van der Waals surface area contributed by atoms with Crippen LogP contribution < -0.4 is 5.32 Å². The average molecular weight is 240 g/mol. The highest BCUT2D eigenvalue weighted by Crippen LogP contribution is 2.08. The Balaban J connectivity index is 2.01. The molecule has 1 amide bonds. The summed E-state index contributed by atoms with van der Waals surface area (Å²) in [5.41, 5.74) is 3.25. The van der Waals surface area contributed by atoms with E-state index >= 15 is 0 Å². The van der Waals surface area contributed by atoms with Gasteiger partial charge >= 0.3 is 0 Å². The number of amides is 1. The van der Waals surface area contributed by atoms with Gasteiger partial charge in [-0.05, 0) is 37.1 Å². The molecule has 1 heterocycles. The minimum absolute atomic E-state index is 0.0429. The molecule has 3 nitrogen and oxygen atoms in total. The van der Waals surface area contributed by atoms with Crippen LogP contribution in [0.1, 0.15) is 16.7 Å². The van der Waals surface area contributed by atoms with E-state index in [1.54, 1.807) is 6.20 Å². The fraction of sp³-hybridized carbons (Fsp3) is 0.200. The van der Waals surface area contributed by atoms with Gasteiger partial charge in [-0.1, -0.05) is 29.8 Å². The third kappa shape index (κ3) is 3.42. The third-order valence-corrected chi connectivity index (χ3v) is 2.63. The van der Waals surface area contributed by atoms with Crippen molar-refractivity contribution in [2.75, 3.05) is 5.32 Å². The maximum Gasteiger partial charge on any atom is 0.229 e. The van der Waals surface area contributed by atoms with Crippen LogP contribution in [0.3, 0.4) is 0 Å². The lowest BCUT2D eigenvalue weighted by molar-refractivity contribution is -0.115. The van der Waals surface area contributed by atoms with Crippen LogP contribution in [0, 0.1) is 13.8 Å². The number of hydrogen-bond donors (Lipinski definition) is 1. The van der Waals surface area contributed by atoms with Gasteiger partial charge in [-0.15, -0.1) is 0 Å². The molecule has 0 unspecified atom stereocenters. The number of carbonyl (C=O) groups is 1. The molecular formula is C15H16N2O. The zero-order chi connectivity index (χ0) is 13.0. The molecule has 2 aromatic rings. The second-order valence-corrected chi connectivity index (χ2v) is 4.43. The Kier molecular flexibility index (Phi) is 3.72. The fourth-order valence-electron chi connectivity index (χ4n) is 1.80. The minimum Gasteiger partial charge on any atom is -0.310 e. The van der Waals surface area contributed by atoms with Crippen molar-refractivity contribution >= 4 is 11.7 Å². The van der Waals surface area contributed by atoms with Crippen LogP contribution in [0.4, 0.5) is 5.82 Å². The van der Waals surface area contributed by atoms with Gasteiger partial charge in [0.15, 0.2) is 0 Å². The van der Waals surface area contributed by atoms with Crippen molar-refractivity contribution in [1.29, 1.82) is 0 Å². The molecule has 0 aliphatic heterocycles. The molecule has 0 aliphatic rings. The van der Waals surface area contributed by atoms with E-state index in [1.807, 2.05) is 50.2 Å². The van der Waals surface area contributed by atoms with E-state index in [2.05, 4.69) is 10.3 Å². The number of benzene rings is 1. The monoisotopic (exact) mass is 240 g/mol. The number of pyridine rings is 1. The predicted molar refractivity (Wildman–Crippen MR) is 72.5 cm³/mol. The Morgan fingerprint density at radius 1 is 1.17 bits per heavy atom. The highest BCUT2D eigenvalue weighted by Gasteiger charge is 2.05. The molecule has 0 saturated carbocycles. The van der Waals surface area contributed by atoms with Crippen molar-refractivity contribution in [3.63, 3.8) is 0 Å². The normalized spacial score (nSPS) is 10.1. The summed E-state index contributed by atoms with van der Waals surface area (Å²) < 4.78 is 0. The molecule has 0 spiro atoms. The second-order valence-electron chi connectivity index (χ2n) is 4.43. The first-order chi connectivity index (χ1) is 8.63. The summed E-state index contributed by atoms with van der Waals surface area (Å²) in [6, 6.07) is 11.7. The van der Waals surface area contributed by atoms with Gasteiger partial charge in [-0.3, -0.25) is 4.79 Å². The van der Waals surface area contributed by atoms with Gasteiger partial charge in [0.25, 0.3) is 0 Å². The predicted octanol–water partition coefficient (Wildman–Crippen LogP) is 2.88. The Morgan fingerprint density at radius 2 is 1.94 bits per heavy atom. The lowest BCUT2D eigenvalue weighted by atomic mass is 10.1. The molecule has 2 rings (SSSR count). The van der Waals surface area contributed by atoms with Crippen LogP contribution in [-0.4, -0.2) is 10.9 Å². The molecule has 0 saturated heterocycles. The van der Waals surface area contributed by atoms with Gasteiger partial charge < -0.3 is 5.32 Å². The molecule has 0 atom stereocenters. The summed E-state index contributed by atoms with van der Waals surface area (Å²) in [4.78, 5) is 16.0. The van der Waals surface area contributed by atoms with Crippen LogP contribution in [0.5, 0.6) is 0 Å². The number of anilines is 1. The molecule has 0 aliphatic carbocycles. The quantitative estimate of drug-likeness (QED) is 0.896. The zero-order valence-electron chi connectivity index (χ0n) is 10.6. The largest absolute Gasteiger partial charge is 0.310 e. The van der Waals surface area contributed by atoms with Gasteiger partial charge in [0.05, 0.1) is 6.42 Å². The van der Waals surface area contributed by atoms with Crippen molar-refractivity contribution in [1.82, 2.24) is 4.98 Å². The van der Waals surface area contributed by atoms with Crippen molar-refractivity contribution in [3.05, 3.63) is 59.3 Å². The number of carbonyl (C=O) groups excluding carboxylic acids is 1. The molecule has 1 N–H and O–H groups in total. The average Bonchev–Trinajstić information content (AvgIpc) is 2.28. The first-order valence-corrected chi connectivity index (χ1v) is 5.91. The van der Waals surface area contributed by atoms with Crippen molar-refractivity contribution in [2.45, 2.75) is 20.3 Å². The molecule has 3 heteroatoms. The van der Waals surface area contributed by atoms with E-state index in [1.165, 1.54) is 0 Å². The molecule has 92 valence electrons. The Bertz CT molecular complexity index is 514. The summed E-state index contributed by atoms with van der Waals surface area (Å²) in [7, 11) is 0. The first kappa shape index (κ1) is 12.3. The molecule has 0 radical (unpaired) electrons. The van der Waals surface area contributed by atoms with Gasteiger partial charge in [0.1, 0.15) is 5.82 Å². The molecule has 1 aromatic heterocycles. The molecule has 1 aromatic carbocycles. The van der Waals surface area contributed by atoms with Crippen LogP contribution in [-0.2, 0) is 11.2 Å². The van der Waals surface area contributed by atoms with E-state index in [0.717, 1.165) is 16.7 Å². The maximum atomic E-state index is 11.9. The molecular weight excluding hydrogens is 224 g/mol. The number of aryl methyl sites for hydroxylation is 2. The van der Waals surface area contributed by atoms with Crippen LogP contribution in [0.25, 0.3) is 0 Å². The zero-order valence-corrected chi connectivity index (χ0v) is 10.6. The molecule has 0 bridgehead atoms. The summed E-state index contributed by atoms with van der Waals surface area (Å²) in [5.74, 6) is 0.561. The van der Waals surface area contributed by atoms with Crippen LogP contribution in [0.2, 0.25) is 0 Å².